The lowest BCUT2D eigenvalue weighted by Crippen LogP contribution is -2.50. The van der Waals surface area contributed by atoms with Crippen LogP contribution >= 0.6 is 0 Å². The number of para-hydroxylation sites is 1. The summed E-state index contributed by atoms with van der Waals surface area (Å²) in [6, 6.07) is 7.58. The fourth-order valence-electron chi connectivity index (χ4n) is 2.09. The third kappa shape index (κ3) is 2.82. The zero-order chi connectivity index (χ0) is 13.8. The molecule has 0 saturated heterocycles. The average molecular weight is 251 g/mol. The molecule has 4 heteroatoms. The number of esters is 1. The first-order chi connectivity index (χ1) is 8.45. The van der Waals surface area contributed by atoms with E-state index in [1.54, 1.807) is 14.0 Å². The summed E-state index contributed by atoms with van der Waals surface area (Å²) in [7, 11) is 2.98. The van der Waals surface area contributed by atoms with E-state index in [-0.39, 0.29) is 12.0 Å². The predicted octanol–water partition coefficient (Wildman–Crippen LogP) is 2.08. The molecule has 1 N–H and O–H groups in total. The summed E-state index contributed by atoms with van der Waals surface area (Å²) in [5.41, 5.74) is -0.150. The van der Waals surface area contributed by atoms with Crippen LogP contribution in [0.15, 0.2) is 24.3 Å². The van der Waals surface area contributed by atoms with E-state index >= 15 is 0 Å². The molecule has 0 bridgehead atoms. The van der Waals surface area contributed by atoms with E-state index < -0.39 is 5.54 Å². The molecule has 18 heavy (non-hydrogen) atoms. The maximum Gasteiger partial charge on any atom is 0.330 e. The fraction of sp³-hybridized carbons (Fsp3) is 0.500. The van der Waals surface area contributed by atoms with Crippen molar-refractivity contribution in [1.82, 2.24) is 5.32 Å². The van der Waals surface area contributed by atoms with Gasteiger partial charge in [0.2, 0.25) is 0 Å². The molecule has 0 saturated carbocycles. The molecule has 0 radical (unpaired) electrons. The lowest BCUT2D eigenvalue weighted by molar-refractivity contribution is -0.148. The van der Waals surface area contributed by atoms with Crippen LogP contribution in [0.5, 0.6) is 5.75 Å². The van der Waals surface area contributed by atoms with Gasteiger partial charge in [0.05, 0.1) is 14.2 Å². The van der Waals surface area contributed by atoms with E-state index in [1.807, 2.05) is 38.1 Å². The SMILES string of the molecule is COC(=O)C(C)(NC(C)C)c1ccccc1OC. The number of carbonyl (C=O) groups is 1. The maximum atomic E-state index is 12.1. The van der Waals surface area contributed by atoms with Crippen molar-refractivity contribution in [3.8, 4) is 5.75 Å². The zero-order valence-corrected chi connectivity index (χ0v) is 11.6. The highest BCUT2D eigenvalue weighted by Crippen LogP contribution is 2.31. The van der Waals surface area contributed by atoms with Gasteiger partial charge in [-0.1, -0.05) is 18.2 Å². The first-order valence-corrected chi connectivity index (χ1v) is 5.95. The normalized spacial score (nSPS) is 14.1. The van der Waals surface area contributed by atoms with Crippen molar-refractivity contribution in [1.29, 1.82) is 0 Å². The molecule has 0 aromatic heterocycles. The van der Waals surface area contributed by atoms with Crippen LogP contribution < -0.4 is 10.1 Å². The number of hydrogen-bond donors (Lipinski definition) is 1. The van der Waals surface area contributed by atoms with Crippen LogP contribution in [-0.2, 0) is 15.1 Å². The summed E-state index contributed by atoms with van der Waals surface area (Å²) < 4.78 is 10.2. The number of benzene rings is 1. The molecule has 0 aliphatic heterocycles. The minimum absolute atomic E-state index is 0.138. The molecular weight excluding hydrogens is 230 g/mol. The van der Waals surface area contributed by atoms with Crippen LogP contribution in [0, 0.1) is 0 Å². The van der Waals surface area contributed by atoms with Gasteiger partial charge in [-0.15, -0.1) is 0 Å². The lowest BCUT2D eigenvalue weighted by atomic mass is 9.90. The van der Waals surface area contributed by atoms with Gasteiger partial charge in [0.1, 0.15) is 11.3 Å². The van der Waals surface area contributed by atoms with Gasteiger partial charge >= 0.3 is 5.97 Å². The van der Waals surface area contributed by atoms with E-state index in [1.165, 1.54) is 7.11 Å². The Bertz CT molecular complexity index is 417. The topological polar surface area (TPSA) is 47.6 Å². The van der Waals surface area contributed by atoms with Gasteiger partial charge in [0, 0.05) is 11.6 Å². The Morgan fingerprint density at radius 3 is 2.39 bits per heavy atom. The van der Waals surface area contributed by atoms with Gasteiger partial charge in [-0.05, 0) is 26.8 Å². The van der Waals surface area contributed by atoms with Gasteiger partial charge in [0.25, 0.3) is 0 Å². The van der Waals surface area contributed by atoms with Crippen LogP contribution in [-0.4, -0.2) is 26.2 Å². The highest BCUT2D eigenvalue weighted by atomic mass is 16.5. The number of ether oxygens (including phenoxy) is 2. The third-order valence-corrected chi connectivity index (χ3v) is 2.82. The van der Waals surface area contributed by atoms with Crippen LogP contribution in [0.2, 0.25) is 0 Å². The highest BCUT2D eigenvalue weighted by molar-refractivity contribution is 5.83. The van der Waals surface area contributed by atoms with Crippen molar-refractivity contribution in [3.63, 3.8) is 0 Å². The van der Waals surface area contributed by atoms with Crippen molar-refractivity contribution in [3.05, 3.63) is 29.8 Å². The van der Waals surface area contributed by atoms with Gasteiger partial charge in [-0.2, -0.15) is 0 Å². The van der Waals surface area contributed by atoms with Gasteiger partial charge in [-0.3, -0.25) is 5.32 Å². The third-order valence-electron chi connectivity index (χ3n) is 2.82. The molecule has 4 nitrogen and oxygen atoms in total. The molecule has 0 heterocycles. The Kier molecular flexibility index (Phi) is 4.73. The molecule has 0 aliphatic carbocycles. The van der Waals surface area contributed by atoms with Crippen LogP contribution in [0.3, 0.4) is 0 Å². The molecule has 0 fully saturated rings. The Morgan fingerprint density at radius 1 is 1.28 bits per heavy atom. The summed E-state index contributed by atoms with van der Waals surface area (Å²) >= 11 is 0. The zero-order valence-electron chi connectivity index (χ0n) is 11.6. The maximum absolute atomic E-state index is 12.1. The first kappa shape index (κ1) is 14.5. The quantitative estimate of drug-likeness (QED) is 0.814. The van der Waals surface area contributed by atoms with E-state index in [0.717, 1.165) is 5.56 Å². The second kappa shape index (κ2) is 5.87. The number of hydrogen-bond acceptors (Lipinski definition) is 4. The summed E-state index contributed by atoms with van der Waals surface area (Å²) in [5, 5.41) is 3.24. The van der Waals surface area contributed by atoms with Gasteiger partial charge in [0.15, 0.2) is 0 Å². The molecule has 0 spiro atoms. The van der Waals surface area contributed by atoms with E-state index in [2.05, 4.69) is 5.32 Å². The lowest BCUT2D eigenvalue weighted by Gasteiger charge is -2.31. The molecule has 1 atom stereocenters. The summed E-state index contributed by atoms with van der Waals surface area (Å²) in [4.78, 5) is 12.1. The Balaban J connectivity index is 3.29. The van der Waals surface area contributed by atoms with Crippen molar-refractivity contribution in [2.75, 3.05) is 14.2 Å². The van der Waals surface area contributed by atoms with E-state index in [4.69, 9.17) is 9.47 Å². The van der Waals surface area contributed by atoms with Gasteiger partial charge in [-0.25, -0.2) is 4.79 Å². The minimum Gasteiger partial charge on any atom is -0.496 e. The van der Waals surface area contributed by atoms with Crippen LogP contribution in [0.1, 0.15) is 26.3 Å². The molecule has 1 unspecified atom stereocenters. The number of rotatable bonds is 5. The molecule has 100 valence electrons. The summed E-state index contributed by atoms with van der Waals surface area (Å²) in [6.45, 7) is 5.77. The molecule has 1 aromatic carbocycles. The smallest absolute Gasteiger partial charge is 0.330 e. The van der Waals surface area contributed by atoms with Crippen molar-refractivity contribution in [2.24, 2.45) is 0 Å². The average Bonchev–Trinajstić information content (AvgIpc) is 2.36. The van der Waals surface area contributed by atoms with E-state index in [0.29, 0.717) is 5.75 Å². The molecule has 0 aliphatic rings. The van der Waals surface area contributed by atoms with Crippen LogP contribution in [0.25, 0.3) is 0 Å². The molecular formula is C14H21NO3. The van der Waals surface area contributed by atoms with Crippen molar-refractivity contribution >= 4 is 5.97 Å². The number of nitrogens with one attached hydrogen (secondary N) is 1. The molecule has 1 aromatic rings. The predicted molar refractivity (Wildman–Crippen MR) is 70.6 cm³/mol. The number of methoxy groups -OCH3 is 2. The Labute approximate surface area is 108 Å². The Hall–Kier alpha value is -1.55. The monoisotopic (exact) mass is 251 g/mol. The molecule has 1 rings (SSSR count). The standard InChI is InChI=1S/C14H21NO3/c1-10(2)15-14(3,13(16)18-5)11-8-6-7-9-12(11)17-4/h6-10,15H,1-5H3. The molecule has 0 amide bonds. The minimum atomic E-state index is -0.921. The fourth-order valence-corrected chi connectivity index (χ4v) is 2.09. The first-order valence-electron chi connectivity index (χ1n) is 5.95. The van der Waals surface area contributed by atoms with Crippen LogP contribution in [0.4, 0.5) is 0 Å². The largest absolute Gasteiger partial charge is 0.496 e. The summed E-state index contributed by atoms with van der Waals surface area (Å²) in [5.74, 6) is 0.333. The summed E-state index contributed by atoms with van der Waals surface area (Å²) in [6.07, 6.45) is 0. The highest BCUT2D eigenvalue weighted by Gasteiger charge is 2.38. The second-order valence-corrected chi connectivity index (χ2v) is 4.62. The Morgan fingerprint density at radius 2 is 1.89 bits per heavy atom. The second-order valence-electron chi connectivity index (χ2n) is 4.62. The van der Waals surface area contributed by atoms with Gasteiger partial charge < -0.3 is 9.47 Å². The number of carbonyl (C=O) groups excluding carboxylic acids is 1. The van der Waals surface area contributed by atoms with Crippen molar-refractivity contribution < 1.29 is 14.3 Å². The van der Waals surface area contributed by atoms with E-state index in [9.17, 15) is 4.79 Å². The van der Waals surface area contributed by atoms with Crippen molar-refractivity contribution in [2.45, 2.75) is 32.4 Å².